The fourth-order valence-corrected chi connectivity index (χ4v) is 3.08. The fourth-order valence-electron chi connectivity index (χ4n) is 3.08. The Morgan fingerprint density at radius 3 is 2.71 bits per heavy atom. The van der Waals surface area contributed by atoms with Crippen LogP contribution in [0.4, 0.5) is 11.5 Å². The van der Waals surface area contributed by atoms with Gasteiger partial charge in [0.25, 0.3) is 0 Å². The van der Waals surface area contributed by atoms with Gasteiger partial charge >= 0.3 is 0 Å². The first kappa shape index (κ1) is 15.1. The number of benzene rings is 1. The molecule has 2 aliphatic rings. The number of anilines is 2. The molecule has 1 N–H and O–H groups in total. The van der Waals surface area contributed by atoms with Crippen LogP contribution in [0.3, 0.4) is 0 Å². The van der Waals surface area contributed by atoms with Crippen molar-refractivity contribution in [2.75, 3.05) is 16.8 Å². The van der Waals surface area contributed by atoms with Gasteiger partial charge in [0.2, 0.25) is 5.91 Å². The number of nitrogens with zero attached hydrogens (tertiary/aromatic N) is 3. The van der Waals surface area contributed by atoms with Crippen molar-refractivity contribution in [3.8, 4) is 0 Å². The monoisotopic (exact) mass is 322 g/mol. The zero-order valence-electron chi connectivity index (χ0n) is 13.7. The lowest BCUT2D eigenvalue weighted by atomic mass is 10.1. The van der Waals surface area contributed by atoms with Gasteiger partial charge in [0, 0.05) is 37.3 Å². The van der Waals surface area contributed by atoms with Crippen LogP contribution < -0.4 is 10.2 Å². The Balaban J connectivity index is 1.38. The predicted molar refractivity (Wildman–Crippen MR) is 94.0 cm³/mol. The Kier molecular flexibility index (Phi) is 4.15. The Morgan fingerprint density at radius 2 is 1.96 bits per heavy atom. The van der Waals surface area contributed by atoms with Crippen LogP contribution in [-0.4, -0.2) is 22.4 Å². The zero-order valence-corrected chi connectivity index (χ0v) is 13.7. The van der Waals surface area contributed by atoms with E-state index in [0.717, 1.165) is 43.3 Å². The van der Waals surface area contributed by atoms with Crippen molar-refractivity contribution in [3.63, 3.8) is 0 Å². The lowest BCUT2D eigenvalue weighted by Gasteiger charge is -2.26. The summed E-state index contributed by atoms with van der Waals surface area (Å²) in [4.78, 5) is 22.8. The van der Waals surface area contributed by atoms with E-state index in [9.17, 15) is 4.79 Å². The van der Waals surface area contributed by atoms with Gasteiger partial charge in [0.15, 0.2) is 0 Å². The lowest BCUT2D eigenvalue weighted by molar-refractivity contribution is -0.119. The number of hydrogen-bond acceptors (Lipinski definition) is 4. The van der Waals surface area contributed by atoms with Gasteiger partial charge in [0.05, 0.1) is 0 Å². The highest BCUT2D eigenvalue weighted by Gasteiger charge is 2.26. The minimum absolute atomic E-state index is 0.237. The molecule has 24 heavy (non-hydrogen) atoms. The summed E-state index contributed by atoms with van der Waals surface area (Å²) in [5.74, 6) is 2.63. The van der Waals surface area contributed by atoms with Gasteiger partial charge in [-0.25, -0.2) is 9.97 Å². The SMILES string of the molecule is O=C1CCCCN1c1ccc(CNc2ccnc(C3CC3)n2)cc1. The van der Waals surface area contributed by atoms with E-state index in [0.29, 0.717) is 12.3 Å². The van der Waals surface area contributed by atoms with Crippen LogP contribution in [0.1, 0.15) is 49.4 Å². The summed E-state index contributed by atoms with van der Waals surface area (Å²) in [7, 11) is 0. The van der Waals surface area contributed by atoms with Gasteiger partial charge in [-0.1, -0.05) is 12.1 Å². The minimum Gasteiger partial charge on any atom is -0.366 e. The number of nitrogens with one attached hydrogen (secondary N) is 1. The summed E-state index contributed by atoms with van der Waals surface area (Å²) in [6, 6.07) is 10.1. The van der Waals surface area contributed by atoms with Crippen molar-refractivity contribution < 1.29 is 4.79 Å². The van der Waals surface area contributed by atoms with Crippen LogP contribution >= 0.6 is 0 Å². The van der Waals surface area contributed by atoms with E-state index in [1.165, 1.54) is 18.4 Å². The van der Waals surface area contributed by atoms with E-state index in [2.05, 4.69) is 27.4 Å². The highest BCUT2D eigenvalue weighted by molar-refractivity contribution is 5.93. The van der Waals surface area contributed by atoms with Crippen molar-refractivity contribution in [1.29, 1.82) is 0 Å². The second-order valence-corrected chi connectivity index (χ2v) is 6.60. The van der Waals surface area contributed by atoms with Crippen molar-refractivity contribution in [2.45, 2.75) is 44.6 Å². The number of carbonyl (C=O) groups is 1. The molecular weight excluding hydrogens is 300 g/mol. The van der Waals surface area contributed by atoms with E-state index in [-0.39, 0.29) is 5.91 Å². The number of rotatable bonds is 5. The van der Waals surface area contributed by atoms with E-state index < -0.39 is 0 Å². The van der Waals surface area contributed by atoms with Crippen molar-refractivity contribution >= 4 is 17.4 Å². The molecule has 1 aromatic carbocycles. The molecule has 2 fully saturated rings. The molecule has 124 valence electrons. The number of carbonyl (C=O) groups excluding carboxylic acids is 1. The molecule has 0 atom stereocenters. The molecule has 4 rings (SSSR count). The molecule has 0 bridgehead atoms. The number of piperidine rings is 1. The molecule has 5 nitrogen and oxygen atoms in total. The van der Waals surface area contributed by atoms with Gasteiger partial charge < -0.3 is 10.2 Å². The highest BCUT2D eigenvalue weighted by Crippen LogP contribution is 2.38. The fraction of sp³-hybridized carbons (Fsp3) is 0.421. The summed E-state index contributed by atoms with van der Waals surface area (Å²) < 4.78 is 0. The minimum atomic E-state index is 0.237. The maximum Gasteiger partial charge on any atom is 0.226 e. The Bertz CT molecular complexity index is 724. The van der Waals surface area contributed by atoms with E-state index in [4.69, 9.17) is 0 Å². The molecule has 1 aromatic heterocycles. The average molecular weight is 322 g/mol. The smallest absolute Gasteiger partial charge is 0.226 e. The summed E-state index contributed by atoms with van der Waals surface area (Å²) in [5, 5.41) is 3.36. The van der Waals surface area contributed by atoms with Crippen molar-refractivity contribution in [3.05, 3.63) is 47.9 Å². The first-order chi connectivity index (χ1) is 11.8. The van der Waals surface area contributed by atoms with Crippen LogP contribution in [0.2, 0.25) is 0 Å². The molecule has 1 aliphatic carbocycles. The largest absolute Gasteiger partial charge is 0.366 e. The first-order valence-electron chi connectivity index (χ1n) is 8.76. The Labute approximate surface area is 142 Å². The number of amides is 1. The van der Waals surface area contributed by atoms with Crippen molar-refractivity contribution in [1.82, 2.24) is 9.97 Å². The summed E-state index contributed by atoms with van der Waals surface area (Å²) in [6.45, 7) is 1.55. The maximum absolute atomic E-state index is 12.0. The molecule has 2 aromatic rings. The molecule has 5 heteroatoms. The molecule has 0 radical (unpaired) electrons. The molecule has 2 heterocycles. The summed E-state index contributed by atoms with van der Waals surface area (Å²) in [5.41, 5.74) is 2.18. The van der Waals surface area contributed by atoms with Gasteiger partial charge in [-0.3, -0.25) is 4.79 Å². The third-order valence-electron chi connectivity index (χ3n) is 4.66. The molecule has 0 unspecified atom stereocenters. The zero-order chi connectivity index (χ0) is 16.4. The van der Waals surface area contributed by atoms with E-state index >= 15 is 0 Å². The first-order valence-corrected chi connectivity index (χ1v) is 8.76. The summed E-state index contributed by atoms with van der Waals surface area (Å²) >= 11 is 0. The number of aromatic nitrogens is 2. The third kappa shape index (κ3) is 3.40. The maximum atomic E-state index is 12.0. The van der Waals surface area contributed by atoms with Crippen molar-refractivity contribution in [2.24, 2.45) is 0 Å². The Hall–Kier alpha value is -2.43. The topological polar surface area (TPSA) is 58.1 Å². The second kappa shape index (κ2) is 6.59. The van der Waals surface area contributed by atoms with Crippen LogP contribution in [0.5, 0.6) is 0 Å². The molecule has 1 aliphatic heterocycles. The Morgan fingerprint density at radius 1 is 1.12 bits per heavy atom. The van der Waals surface area contributed by atoms with Crippen LogP contribution in [0, 0.1) is 0 Å². The van der Waals surface area contributed by atoms with Gasteiger partial charge in [-0.2, -0.15) is 0 Å². The second-order valence-electron chi connectivity index (χ2n) is 6.60. The molecular formula is C19H22N4O. The summed E-state index contributed by atoms with van der Waals surface area (Å²) in [6.07, 6.45) is 7.01. The average Bonchev–Trinajstić information content (AvgIpc) is 3.46. The van der Waals surface area contributed by atoms with E-state index in [1.807, 2.05) is 29.3 Å². The van der Waals surface area contributed by atoms with Crippen LogP contribution in [-0.2, 0) is 11.3 Å². The van der Waals surface area contributed by atoms with E-state index in [1.54, 1.807) is 0 Å². The van der Waals surface area contributed by atoms with Crippen LogP contribution in [0.15, 0.2) is 36.5 Å². The predicted octanol–water partition coefficient (Wildman–Crippen LogP) is 3.48. The molecule has 0 spiro atoms. The number of hydrogen-bond donors (Lipinski definition) is 1. The van der Waals surface area contributed by atoms with Gasteiger partial charge in [-0.05, 0) is 49.4 Å². The normalized spacial score (nSPS) is 17.8. The van der Waals surface area contributed by atoms with Gasteiger partial charge in [-0.15, -0.1) is 0 Å². The lowest BCUT2D eigenvalue weighted by Crippen LogP contribution is -2.35. The highest BCUT2D eigenvalue weighted by atomic mass is 16.2. The quantitative estimate of drug-likeness (QED) is 0.915. The standard InChI is InChI=1S/C19H22N4O/c24-18-3-1-2-12-23(18)16-8-4-14(5-9-16)13-21-17-10-11-20-19(22-17)15-6-7-15/h4-5,8-11,15H,1-3,6-7,12-13H2,(H,20,21,22). The molecule has 1 amide bonds. The molecule has 1 saturated heterocycles. The third-order valence-corrected chi connectivity index (χ3v) is 4.66. The van der Waals surface area contributed by atoms with Gasteiger partial charge in [0.1, 0.15) is 11.6 Å². The van der Waals surface area contributed by atoms with Crippen LogP contribution in [0.25, 0.3) is 0 Å². The molecule has 1 saturated carbocycles.